The summed E-state index contributed by atoms with van der Waals surface area (Å²) in [5, 5.41) is 24.4. The lowest BCUT2D eigenvalue weighted by Gasteiger charge is -2.13. The van der Waals surface area contributed by atoms with Crippen LogP contribution in [-0.2, 0) is 0 Å². The Kier molecular flexibility index (Phi) is 5.66. The molecule has 0 N–H and O–H groups in total. The zero-order chi connectivity index (χ0) is 28.2. The number of rotatable bonds is 3. The number of benzene rings is 6. The van der Waals surface area contributed by atoms with Crippen LogP contribution in [0.5, 0.6) is 0 Å². The second-order valence-electron chi connectivity index (χ2n) is 10.4. The quantitative estimate of drug-likeness (QED) is 0.213. The molecule has 0 spiro atoms. The molecule has 0 atom stereocenters. The van der Waals surface area contributed by atoms with Gasteiger partial charge in [0.1, 0.15) is 0 Å². The molecule has 8 aromatic rings. The molecular weight excluding hydrogens is 549 g/mol. The molecule has 0 saturated heterocycles. The summed E-state index contributed by atoms with van der Waals surface area (Å²) < 4.78 is 4.90. The van der Waals surface area contributed by atoms with Crippen LogP contribution in [0, 0.1) is 22.7 Å². The molecule has 194 valence electrons. The summed E-state index contributed by atoms with van der Waals surface area (Å²) in [6.07, 6.45) is 0. The van der Waals surface area contributed by atoms with Gasteiger partial charge in [0.05, 0.1) is 23.3 Å². The predicted molar refractivity (Wildman–Crippen MR) is 178 cm³/mol. The molecule has 0 radical (unpaired) electrons. The smallest absolute Gasteiger partial charge is 0.0998 e. The fourth-order valence-electron chi connectivity index (χ4n) is 5.98. The molecule has 4 heteroatoms. The van der Waals surface area contributed by atoms with Crippen molar-refractivity contribution in [1.82, 2.24) is 0 Å². The minimum atomic E-state index is 0.651. The predicted octanol–water partition coefficient (Wildman–Crippen LogP) is 11.2. The molecule has 0 amide bonds. The Morgan fingerprint density at radius 3 is 2.00 bits per heavy atom. The van der Waals surface area contributed by atoms with Crippen molar-refractivity contribution in [2.75, 3.05) is 0 Å². The van der Waals surface area contributed by atoms with Crippen LogP contribution in [0.15, 0.2) is 121 Å². The topological polar surface area (TPSA) is 47.6 Å². The van der Waals surface area contributed by atoms with Crippen LogP contribution in [-0.4, -0.2) is 0 Å². The molecule has 2 heterocycles. The van der Waals surface area contributed by atoms with Gasteiger partial charge in [0.15, 0.2) is 0 Å². The summed E-state index contributed by atoms with van der Waals surface area (Å²) in [6, 6.07) is 46.8. The summed E-state index contributed by atoms with van der Waals surface area (Å²) in [4.78, 5) is 0. The van der Waals surface area contributed by atoms with Crippen molar-refractivity contribution in [2.45, 2.75) is 0 Å². The van der Waals surface area contributed by atoms with E-state index in [9.17, 15) is 10.5 Å². The standard InChI is InChI=1S/C38H20N2S2/c39-21-23-12-15-35-33(16-23)38-30(9-5-11-36(38)41-35)28-18-26(17-27(19-28)29-7-2-1-6-25(29)22-40)24-13-14-32-31-8-3-4-10-34(31)42-37(32)20-24/h1-20H. The third kappa shape index (κ3) is 3.90. The van der Waals surface area contributed by atoms with Gasteiger partial charge in [0.25, 0.3) is 0 Å². The minimum Gasteiger partial charge on any atom is -0.192 e. The Labute approximate surface area is 250 Å². The highest BCUT2D eigenvalue weighted by molar-refractivity contribution is 7.26. The van der Waals surface area contributed by atoms with Gasteiger partial charge in [-0.2, -0.15) is 10.5 Å². The zero-order valence-electron chi connectivity index (χ0n) is 22.3. The third-order valence-corrected chi connectivity index (χ3v) is 10.2. The molecule has 0 bridgehead atoms. The number of hydrogen-bond acceptors (Lipinski definition) is 4. The van der Waals surface area contributed by atoms with Gasteiger partial charge in [-0.1, -0.05) is 60.7 Å². The Morgan fingerprint density at radius 2 is 1.12 bits per heavy atom. The van der Waals surface area contributed by atoms with E-state index in [0.717, 1.165) is 48.9 Å². The molecule has 2 nitrogen and oxygen atoms in total. The molecule has 0 aliphatic rings. The van der Waals surface area contributed by atoms with Crippen molar-refractivity contribution >= 4 is 63.0 Å². The lowest BCUT2D eigenvalue weighted by molar-refractivity contribution is 1.48. The van der Waals surface area contributed by atoms with Gasteiger partial charge in [-0.25, -0.2) is 0 Å². The number of fused-ring (bicyclic) bond motifs is 6. The molecule has 0 aliphatic heterocycles. The lowest BCUT2D eigenvalue weighted by atomic mass is 9.90. The van der Waals surface area contributed by atoms with Crippen molar-refractivity contribution in [2.24, 2.45) is 0 Å². The van der Waals surface area contributed by atoms with E-state index in [0.29, 0.717) is 11.1 Å². The lowest BCUT2D eigenvalue weighted by Crippen LogP contribution is -1.89. The third-order valence-electron chi connectivity index (χ3n) is 7.94. The van der Waals surface area contributed by atoms with Crippen LogP contribution in [0.4, 0.5) is 0 Å². The van der Waals surface area contributed by atoms with Crippen molar-refractivity contribution in [3.8, 4) is 45.5 Å². The summed E-state index contributed by atoms with van der Waals surface area (Å²) in [6.45, 7) is 0. The van der Waals surface area contributed by atoms with E-state index in [1.165, 1.54) is 24.9 Å². The summed E-state index contributed by atoms with van der Waals surface area (Å²) in [5.41, 5.74) is 7.67. The van der Waals surface area contributed by atoms with Gasteiger partial charge < -0.3 is 0 Å². The Morgan fingerprint density at radius 1 is 0.429 bits per heavy atom. The van der Waals surface area contributed by atoms with Crippen molar-refractivity contribution < 1.29 is 0 Å². The van der Waals surface area contributed by atoms with Gasteiger partial charge in [-0.3, -0.25) is 0 Å². The van der Waals surface area contributed by atoms with Crippen LogP contribution in [0.3, 0.4) is 0 Å². The highest BCUT2D eigenvalue weighted by atomic mass is 32.1. The van der Waals surface area contributed by atoms with Gasteiger partial charge >= 0.3 is 0 Å². The van der Waals surface area contributed by atoms with Gasteiger partial charge in [-0.15, -0.1) is 22.7 Å². The molecule has 8 rings (SSSR count). The fraction of sp³-hybridized carbons (Fsp3) is 0. The highest BCUT2D eigenvalue weighted by Crippen LogP contribution is 2.43. The second-order valence-corrected chi connectivity index (χ2v) is 12.5. The van der Waals surface area contributed by atoms with Crippen molar-refractivity contribution in [3.05, 3.63) is 132 Å². The average molecular weight is 569 g/mol. The number of thiophene rings is 2. The maximum absolute atomic E-state index is 9.95. The fourth-order valence-corrected chi connectivity index (χ4v) is 8.24. The molecule has 2 aromatic heterocycles. The maximum Gasteiger partial charge on any atom is 0.0998 e. The van der Waals surface area contributed by atoms with E-state index in [4.69, 9.17) is 0 Å². The first-order valence-electron chi connectivity index (χ1n) is 13.6. The van der Waals surface area contributed by atoms with E-state index < -0.39 is 0 Å². The molecule has 0 saturated carbocycles. The number of hydrogen-bond donors (Lipinski definition) is 0. The Balaban J connectivity index is 1.41. The SMILES string of the molecule is N#Cc1ccc2sc3cccc(-c4cc(-c5ccc6c(c5)sc5ccccc56)cc(-c5ccccc5C#N)c4)c3c2c1. The number of nitriles is 2. The van der Waals surface area contributed by atoms with Crippen LogP contribution < -0.4 is 0 Å². The maximum atomic E-state index is 9.95. The first-order valence-corrected chi connectivity index (χ1v) is 15.3. The van der Waals surface area contributed by atoms with E-state index >= 15 is 0 Å². The van der Waals surface area contributed by atoms with Crippen LogP contribution in [0.1, 0.15) is 11.1 Å². The first-order chi connectivity index (χ1) is 20.7. The Hall–Kier alpha value is -5.26. The summed E-state index contributed by atoms with van der Waals surface area (Å²) in [7, 11) is 0. The average Bonchev–Trinajstić information content (AvgIpc) is 3.62. The van der Waals surface area contributed by atoms with Crippen LogP contribution >= 0.6 is 22.7 Å². The molecule has 0 fully saturated rings. The van der Waals surface area contributed by atoms with E-state index in [1.807, 2.05) is 53.8 Å². The summed E-state index contributed by atoms with van der Waals surface area (Å²) in [5.74, 6) is 0. The molecule has 42 heavy (non-hydrogen) atoms. The first kappa shape index (κ1) is 24.5. The minimum absolute atomic E-state index is 0.651. The highest BCUT2D eigenvalue weighted by Gasteiger charge is 2.16. The normalized spacial score (nSPS) is 11.3. The van der Waals surface area contributed by atoms with Crippen molar-refractivity contribution in [1.29, 1.82) is 10.5 Å². The van der Waals surface area contributed by atoms with Crippen molar-refractivity contribution in [3.63, 3.8) is 0 Å². The molecular formula is C38H20N2S2. The van der Waals surface area contributed by atoms with Gasteiger partial charge in [0, 0.05) is 40.3 Å². The van der Waals surface area contributed by atoms with E-state index in [-0.39, 0.29) is 0 Å². The zero-order valence-corrected chi connectivity index (χ0v) is 23.9. The molecule has 0 aliphatic carbocycles. The van der Waals surface area contributed by atoms with Gasteiger partial charge in [0.2, 0.25) is 0 Å². The summed E-state index contributed by atoms with van der Waals surface area (Å²) >= 11 is 3.57. The monoisotopic (exact) mass is 568 g/mol. The van der Waals surface area contributed by atoms with E-state index in [1.54, 1.807) is 11.3 Å². The van der Waals surface area contributed by atoms with Crippen LogP contribution in [0.2, 0.25) is 0 Å². The van der Waals surface area contributed by atoms with E-state index in [2.05, 4.69) is 91.0 Å². The largest absolute Gasteiger partial charge is 0.192 e. The Bertz CT molecular complexity index is 2450. The molecule has 6 aromatic carbocycles. The van der Waals surface area contributed by atoms with Crippen LogP contribution in [0.25, 0.3) is 73.7 Å². The number of nitrogens with zero attached hydrogens (tertiary/aromatic N) is 2. The molecule has 0 unspecified atom stereocenters. The second kappa shape index (κ2) is 9.68. The van der Waals surface area contributed by atoms with Gasteiger partial charge in [-0.05, 0) is 94.0 Å².